The van der Waals surface area contributed by atoms with Crippen LogP contribution >= 0.6 is 0 Å². The van der Waals surface area contributed by atoms with E-state index in [1.54, 1.807) is 12.1 Å². The van der Waals surface area contributed by atoms with E-state index in [1.807, 2.05) is 61.5 Å². The molecule has 210 valence electrons. The molecule has 1 aliphatic carbocycles. The predicted octanol–water partition coefficient (Wildman–Crippen LogP) is 4.74. The Balaban J connectivity index is 1.51. The van der Waals surface area contributed by atoms with Gasteiger partial charge in [0, 0.05) is 12.1 Å². The first-order valence-electron chi connectivity index (χ1n) is 14.1. The Morgan fingerprint density at radius 3 is 2.38 bits per heavy atom. The van der Waals surface area contributed by atoms with Crippen LogP contribution in [-0.4, -0.2) is 45.5 Å². The van der Waals surface area contributed by atoms with Crippen LogP contribution in [0.1, 0.15) is 56.6 Å². The molecule has 0 saturated carbocycles. The average molecular weight is 533 g/mol. The van der Waals surface area contributed by atoms with Crippen LogP contribution in [0.25, 0.3) is 0 Å². The Labute approximate surface area is 233 Å². The smallest absolute Gasteiger partial charge is 0.226 e. The molecule has 6 nitrogen and oxygen atoms in total. The van der Waals surface area contributed by atoms with E-state index in [4.69, 9.17) is 5.73 Å². The van der Waals surface area contributed by atoms with E-state index in [0.29, 0.717) is 38.5 Å². The molecule has 2 aromatic rings. The molecular weight excluding hydrogens is 488 g/mol. The number of hydrogen-bond donors (Lipinski definition) is 5. The van der Waals surface area contributed by atoms with Gasteiger partial charge in [-0.05, 0) is 87.1 Å². The molecule has 5 atom stereocenters. The quantitative estimate of drug-likeness (QED) is 0.227. The van der Waals surface area contributed by atoms with Gasteiger partial charge < -0.3 is 26.4 Å². The Kier molecular flexibility index (Phi) is 12.5. The van der Waals surface area contributed by atoms with E-state index in [1.165, 1.54) is 5.57 Å². The van der Waals surface area contributed by atoms with Gasteiger partial charge in [-0.2, -0.15) is 0 Å². The van der Waals surface area contributed by atoms with Crippen LogP contribution in [0.4, 0.5) is 0 Å². The molecule has 0 fully saturated rings. The lowest BCUT2D eigenvalue weighted by Gasteiger charge is -2.26. The van der Waals surface area contributed by atoms with Crippen molar-refractivity contribution in [3.63, 3.8) is 0 Å². The number of carbonyl (C=O) groups is 1. The summed E-state index contributed by atoms with van der Waals surface area (Å²) in [4.78, 5) is 13.3. The number of nitrogens with one attached hydrogen (secondary N) is 1. The van der Waals surface area contributed by atoms with Crippen LogP contribution < -0.4 is 11.1 Å². The minimum absolute atomic E-state index is 0.0645. The van der Waals surface area contributed by atoms with Gasteiger partial charge in [0.05, 0.1) is 18.1 Å². The number of rotatable bonds is 15. The summed E-state index contributed by atoms with van der Waals surface area (Å²) in [5, 5.41) is 34.2. The maximum absolute atomic E-state index is 13.3. The SMILES string of the molecule is CC(CC1=CCC=CC=C1)NC(=O)C(Cc1ccccc1)C(O)CCCC(O)C(N)CCc1ccc(O)cc1. The van der Waals surface area contributed by atoms with Crippen LogP contribution in [0.15, 0.2) is 90.6 Å². The van der Waals surface area contributed by atoms with Crippen LogP contribution in [0.3, 0.4) is 0 Å². The molecule has 0 aliphatic heterocycles. The number of phenolic OH excluding ortho intramolecular Hbond substituents is 1. The van der Waals surface area contributed by atoms with Gasteiger partial charge >= 0.3 is 0 Å². The largest absolute Gasteiger partial charge is 0.508 e. The van der Waals surface area contributed by atoms with Crippen molar-refractivity contribution in [2.45, 2.75) is 82.6 Å². The fraction of sp³-hybridized carbons (Fsp3) is 0.424. The summed E-state index contributed by atoms with van der Waals surface area (Å²) in [6.45, 7) is 1.99. The molecule has 6 N–H and O–H groups in total. The summed E-state index contributed by atoms with van der Waals surface area (Å²) in [5.41, 5.74) is 9.46. The predicted molar refractivity (Wildman–Crippen MR) is 157 cm³/mol. The summed E-state index contributed by atoms with van der Waals surface area (Å²) in [6.07, 6.45) is 13.7. The third kappa shape index (κ3) is 10.8. The molecule has 2 aromatic carbocycles. The zero-order valence-electron chi connectivity index (χ0n) is 23.0. The van der Waals surface area contributed by atoms with Gasteiger partial charge in [-0.25, -0.2) is 0 Å². The third-order valence-corrected chi connectivity index (χ3v) is 7.30. The number of aliphatic hydroxyl groups excluding tert-OH is 2. The second kappa shape index (κ2) is 16.0. The van der Waals surface area contributed by atoms with Crippen LogP contribution in [-0.2, 0) is 17.6 Å². The molecule has 0 bridgehead atoms. The molecule has 0 aromatic heterocycles. The number of aryl methyl sites for hydroxylation is 1. The Bertz CT molecular complexity index is 1090. The number of amides is 1. The second-order valence-electron chi connectivity index (χ2n) is 10.6. The van der Waals surface area contributed by atoms with E-state index < -0.39 is 18.1 Å². The zero-order chi connectivity index (χ0) is 28.0. The number of aliphatic hydroxyl groups is 2. The first kappa shape index (κ1) is 30.4. The molecule has 0 spiro atoms. The normalized spacial score (nSPS) is 17.0. The summed E-state index contributed by atoms with van der Waals surface area (Å²) in [7, 11) is 0. The summed E-state index contributed by atoms with van der Waals surface area (Å²) in [5.74, 6) is -0.515. The van der Waals surface area contributed by atoms with Crippen LogP contribution in [0.2, 0.25) is 0 Å². The number of aromatic hydroxyl groups is 1. The van der Waals surface area contributed by atoms with Gasteiger partial charge in [-0.3, -0.25) is 4.79 Å². The highest BCUT2D eigenvalue weighted by atomic mass is 16.3. The number of hydrogen-bond acceptors (Lipinski definition) is 5. The van der Waals surface area contributed by atoms with Crippen LogP contribution in [0.5, 0.6) is 5.75 Å². The molecule has 0 saturated heterocycles. The van der Waals surface area contributed by atoms with E-state index in [-0.39, 0.29) is 23.7 Å². The fourth-order valence-corrected chi connectivity index (χ4v) is 4.94. The number of allylic oxidation sites excluding steroid dienone is 5. The van der Waals surface area contributed by atoms with E-state index in [0.717, 1.165) is 24.0 Å². The van der Waals surface area contributed by atoms with Crippen molar-refractivity contribution < 1.29 is 20.1 Å². The minimum Gasteiger partial charge on any atom is -0.508 e. The van der Waals surface area contributed by atoms with Gasteiger partial charge in [0.1, 0.15) is 5.75 Å². The topological polar surface area (TPSA) is 116 Å². The van der Waals surface area contributed by atoms with E-state index >= 15 is 0 Å². The van der Waals surface area contributed by atoms with Crippen LogP contribution in [0, 0.1) is 5.92 Å². The number of phenols is 1. The Hall–Kier alpha value is -3.19. The van der Waals surface area contributed by atoms with Gasteiger partial charge in [0.25, 0.3) is 0 Å². The third-order valence-electron chi connectivity index (χ3n) is 7.30. The first-order valence-corrected chi connectivity index (χ1v) is 14.1. The number of benzene rings is 2. The molecule has 1 aliphatic rings. The molecule has 3 rings (SSSR count). The highest BCUT2D eigenvalue weighted by Gasteiger charge is 2.28. The number of carbonyl (C=O) groups excluding carboxylic acids is 1. The maximum Gasteiger partial charge on any atom is 0.226 e. The van der Waals surface area contributed by atoms with Crippen molar-refractivity contribution in [1.82, 2.24) is 5.32 Å². The molecule has 5 unspecified atom stereocenters. The average Bonchev–Trinajstić information content (AvgIpc) is 3.20. The maximum atomic E-state index is 13.3. The van der Waals surface area contributed by atoms with E-state index in [2.05, 4.69) is 23.5 Å². The van der Waals surface area contributed by atoms with Gasteiger partial charge in [-0.15, -0.1) is 0 Å². The second-order valence-corrected chi connectivity index (χ2v) is 10.6. The van der Waals surface area contributed by atoms with Gasteiger partial charge in [-0.1, -0.05) is 72.8 Å². The van der Waals surface area contributed by atoms with Gasteiger partial charge in [0.15, 0.2) is 0 Å². The fourth-order valence-electron chi connectivity index (χ4n) is 4.94. The summed E-state index contributed by atoms with van der Waals surface area (Å²) in [6, 6.07) is 16.3. The van der Waals surface area contributed by atoms with Crippen molar-refractivity contribution in [3.8, 4) is 5.75 Å². The molecule has 6 heteroatoms. The molecule has 39 heavy (non-hydrogen) atoms. The summed E-state index contributed by atoms with van der Waals surface area (Å²) < 4.78 is 0. The lowest BCUT2D eigenvalue weighted by Crippen LogP contribution is -2.43. The van der Waals surface area contributed by atoms with Crippen molar-refractivity contribution in [2.75, 3.05) is 0 Å². The van der Waals surface area contributed by atoms with Crippen molar-refractivity contribution in [2.24, 2.45) is 11.7 Å². The Morgan fingerprint density at radius 2 is 1.64 bits per heavy atom. The first-order chi connectivity index (χ1) is 18.8. The lowest BCUT2D eigenvalue weighted by molar-refractivity contribution is -0.129. The summed E-state index contributed by atoms with van der Waals surface area (Å²) >= 11 is 0. The minimum atomic E-state index is -0.834. The molecule has 0 heterocycles. The molecule has 0 radical (unpaired) electrons. The standard InChI is InChI=1S/C33H44N2O4/c1-24(22-26-10-5-2-3-6-11-26)35-33(39)29(23-27-12-7-4-8-13-27)31(37)14-9-15-32(38)30(34)21-18-25-16-19-28(36)20-17-25/h2-5,7-8,10-13,16-17,19-20,24,29-32,36-38H,6,9,14-15,18,21-23,34H2,1H3,(H,35,39). The van der Waals surface area contributed by atoms with Gasteiger partial charge in [0.2, 0.25) is 5.91 Å². The van der Waals surface area contributed by atoms with E-state index in [9.17, 15) is 20.1 Å². The molecular formula is C33H44N2O4. The Morgan fingerprint density at radius 1 is 0.923 bits per heavy atom. The monoisotopic (exact) mass is 532 g/mol. The lowest BCUT2D eigenvalue weighted by atomic mass is 9.89. The van der Waals surface area contributed by atoms with Crippen molar-refractivity contribution in [1.29, 1.82) is 0 Å². The molecule has 1 amide bonds. The highest BCUT2D eigenvalue weighted by molar-refractivity contribution is 5.80. The zero-order valence-corrected chi connectivity index (χ0v) is 23.0. The number of nitrogens with two attached hydrogens (primary N) is 1. The highest BCUT2D eigenvalue weighted by Crippen LogP contribution is 2.20. The van der Waals surface area contributed by atoms with Crippen molar-refractivity contribution in [3.05, 3.63) is 102 Å². The van der Waals surface area contributed by atoms with Crippen molar-refractivity contribution >= 4 is 5.91 Å².